The van der Waals surface area contributed by atoms with Gasteiger partial charge in [0.05, 0.1) is 5.38 Å². The maximum absolute atomic E-state index is 11.5. The van der Waals surface area contributed by atoms with E-state index in [4.69, 9.17) is 5.73 Å². The van der Waals surface area contributed by atoms with Crippen molar-refractivity contribution in [3.63, 3.8) is 0 Å². The quantitative estimate of drug-likeness (QED) is 0.721. The maximum atomic E-state index is 11.5. The molecule has 0 spiro atoms. The van der Waals surface area contributed by atoms with Gasteiger partial charge >= 0.3 is 6.36 Å². The molecule has 11 heavy (non-hydrogen) atoms. The third kappa shape index (κ3) is 2.62. The number of nitrogens with two attached hydrogens (primary N) is 1. The molecule has 0 aromatic carbocycles. The minimum absolute atomic E-state index is 0.0456. The summed E-state index contributed by atoms with van der Waals surface area (Å²) >= 11 is 0.887. The monoisotopic (exact) mass is 184 g/mol. The first-order valence-corrected chi connectivity index (χ1v) is 3.32. The van der Waals surface area contributed by atoms with Gasteiger partial charge in [0.15, 0.2) is 5.13 Å². The summed E-state index contributed by atoms with van der Waals surface area (Å²) in [6, 6.07) is 0. The Hall–Kier alpha value is -0.980. The Kier molecular flexibility index (Phi) is 1.90. The Morgan fingerprint density at radius 3 is 2.55 bits per heavy atom. The Labute approximate surface area is 63.6 Å². The van der Waals surface area contributed by atoms with E-state index in [9.17, 15) is 13.2 Å². The van der Waals surface area contributed by atoms with Crippen LogP contribution in [-0.2, 0) is 0 Å². The lowest BCUT2D eigenvalue weighted by Gasteiger charge is -2.03. The molecule has 1 aromatic rings. The smallest absolute Gasteiger partial charge is 0.387 e. The number of rotatable bonds is 1. The second-order valence-corrected chi connectivity index (χ2v) is 2.46. The maximum Gasteiger partial charge on any atom is 0.574 e. The first-order valence-electron chi connectivity index (χ1n) is 2.44. The third-order valence-electron chi connectivity index (χ3n) is 0.721. The number of nitrogens with zero attached hydrogens (tertiary/aromatic N) is 1. The van der Waals surface area contributed by atoms with Crippen molar-refractivity contribution in [2.45, 2.75) is 6.36 Å². The molecule has 62 valence electrons. The van der Waals surface area contributed by atoms with Crippen LogP contribution in [0.15, 0.2) is 5.38 Å². The van der Waals surface area contributed by atoms with E-state index in [0.29, 0.717) is 0 Å². The Balaban J connectivity index is 2.65. The summed E-state index contributed by atoms with van der Waals surface area (Å²) in [6.07, 6.45) is -4.69. The minimum atomic E-state index is -4.69. The molecule has 1 aromatic heterocycles. The summed E-state index contributed by atoms with van der Waals surface area (Å²) in [5.41, 5.74) is 5.06. The zero-order chi connectivity index (χ0) is 8.48. The highest BCUT2D eigenvalue weighted by molar-refractivity contribution is 7.13. The normalized spacial score (nSPS) is 11.5. The molecule has 2 N–H and O–H groups in total. The molecule has 0 aliphatic carbocycles. The van der Waals surface area contributed by atoms with Crippen molar-refractivity contribution in [3.8, 4) is 5.88 Å². The van der Waals surface area contributed by atoms with Crippen LogP contribution < -0.4 is 10.5 Å². The fourth-order valence-electron chi connectivity index (χ4n) is 0.438. The SMILES string of the molecule is Nc1nc(OC(F)(F)F)cs1. The largest absolute Gasteiger partial charge is 0.574 e. The van der Waals surface area contributed by atoms with Crippen molar-refractivity contribution in [3.05, 3.63) is 5.38 Å². The molecule has 7 heteroatoms. The summed E-state index contributed by atoms with van der Waals surface area (Å²) in [4.78, 5) is 3.25. The van der Waals surface area contributed by atoms with Crippen molar-refractivity contribution in [2.24, 2.45) is 0 Å². The lowest BCUT2D eigenvalue weighted by atomic mass is 10.9. The first-order chi connectivity index (χ1) is 4.97. The van der Waals surface area contributed by atoms with Crippen LogP contribution >= 0.6 is 11.3 Å². The summed E-state index contributed by atoms with van der Waals surface area (Å²) < 4.78 is 37.8. The van der Waals surface area contributed by atoms with Gasteiger partial charge in [0.1, 0.15) is 0 Å². The van der Waals surface area contributed by atoms with E-state index in [2.05, 4.69) is 9.72 Å². The highest BCUT2D eigenvalue weighted by Gasteiger charge is 2.32. The van der Waals surface area contributed by atoms with E-state index in [0.717, 1.165) is 16.7 Å². The van der Waals surface area contributed by atoms with Gasteiger partial charge in [0, 0.05) is 0 Å². The van der Waals surface area contributed by atoms with Crippen LogP contribution in [0.25, 0.3) is 0 Å². The molecular weight excluding hydrogens is 181 g/mol. The Bertz CT molecular complexity index is 246. The second-order valence-electron chi connectivity index (χ2n) is 1.57. The van der Waals surface area contributed by atoms with Crippen LogP contribution in [0.2, 0.25) is 0 Å². The highest BCUT2D eigenvalue weighted by atomic mass is 32.1. The summed E-state index contributed by atoms with van der Waals surface area (Å²) in [5.74, 6) is -0.514. The molecule has 0 amide bonds. The van der Waals surface area contributed by atoms with Gasteiger partial charge in [-0.1, -0.05) is 0 Å². The number of thiazole rings is 1. The van der Waals surface area contributed by atoms with Gasteiger partial charge in [0.25, 0.3) is 0 Å². The van der Waals surface area contributed by atoms with Crippen LogP contribution in [-0.4, -0.2) is 11.3 Å². The van der Waals surface area contributed by atoms with E-state index in [1.165, 1.54) is 0 Å². The fraction of sp³-hybridized carbons (Fsp3) is 0.250. The molecule has 0 fully saturated rings. The fourth-order valence-corrected chi connectivity index (χ4v) is 0.903. The average molecular weight is 184 g/mol. The Morgan fingerprint density at radius 2 is 2.18 bits per heavy atom. The lowest BCUT2D eigenvalue weighted by Crippen LogP contribution is -2.17. The molecule has 0 saturated heterocycles. The topological polar surface area (TPSA) is 48.1 Å². The number of anilines is 1. The van der Waals surface area contributed by atoms with Crippen molar-refractivity contribution < 1.29 is 17.9 Å². The first kappa shape index (κ1) is 8.12. The lowest BCUT2D eigenvalue weighted by molar-refractivity contribution is -0.275. The average Bonchev–Trinajstić information content (AvgIpc) is 2.10. The van der Waals surface area contributed by atoms with Crippen molar-refractivity contribution >= 4 is 16.5 Å². The number of hydrogen-bond donors (Lipinski definition) is 1. The number of halogens is 3. The summed E-state index contributed by atoms with van der Waals surface area (Å²) in [5, 5.41) is 1.13. The molecule has 1 heterocycles. The molecule has 0 bridgehead atoms. The zero-order valence-corrected chi connectivity index (χ0v) is 5.87. The minimum Gasteiger partial charge on any atom is -0.387 e. The van der Waals surface area contributed by atoms with Crippen molar-refractivity contribution in [1.29, 1.82) is 0 Å². The molecule has 0 aliphatic rings. The van der Waals surface area contributed by atoms with Crippen LogP contribution in [0.4, 0.5) is 18.3 Å². The van der Waals surface area contributed by atoms with E-state index < -0.39 is 12.2 Å². The third-order valence-corrected chi connectivity index (χ3v) is 1.37. The van der Waals surface area contributed by atoms with Crippen LogP contribution in [0, 0.1) is 0 Å². The molecule has 3 nitrogen and oxygen atoms in total. The van der Waals surface area contributed by atoms with Gasteiger partial charge in [0.2, 0.25) is 5.88 Å². The molecule has 0 saturated carbocycles. The number of nitrogen functional groups attached to an aromatic ring is 1. The second kappa shape index (κ2) is 2.57. The number of aromatic nitrogens is 1. The van der Waals surface area contributed by atoms with E-state index in [-0.39, 0.29) is 5.13 Å². The predicted molar refractivity (Wildman–Crippen MR) is 33.2 cm³/mol. The van der Waals surface area contributed by atoms with Gasteiger partial charge < -0.3 is 10.5 Å². The molecule has 0 radical (unpaired) electrons. The number of alkyl halides is 3. The van der Waals surface area contributed by atoms with Crippen LogP contribution in [0.5, 0.6) is 5.88 Å². The molecule has 0 aliphatic heterocycles. The molecule has 1 rings (SSSR count). The highest BCUT2D eigenvalue weighted by Crippen LogP contribution is 2.24. The summed E-state index contributed by atoms with van der Waals surface area (Å²) in [6.45, 7) is 0. The van der Waals surface area contributed by atoms with E-state index in [1.54, 1.807) is 0 Å². The molecule has 0 atom stereocenters. The van der Waals surface area contributed by atoms with Crippen molar-refractivity contribution in [1.82, 2.24) is 4.98 Å². The van der Waals surface area contributed by atoms with Gasteiger partial charge in [-0.15, -0.1) is 24.5 Å². The number of ether oxygens (including phenoxy) is 1. The molecular formula is C4H3F3N2OS. The van der Waals surface area contributed by atoms with Crippen LogP contribution in [0.3, 0.4) is 0 Å². The molecule has 0 unspecified atom stereocenters. The zero-order valence-electron chi connectivity index (χ0n) is 5.05. The van der Waals surface area contributed by atoms with Gasteiger partial charge in [-0.2, -0.15) is 4.98 Å². The predicted octanol–water partition coefficient (Wildman–Crippen LogP) is 1.62. The van der Waals surface area contributed by atoms with Gasteiger partial charge in [-0.3, -0.25) is 0 Å². The van der Waals surface area contributed by atoms with E-state index >= 15 is 0 Å². The standard InChI is InChI=1S/C4H3F3N2OS/c5-4(6,7)10-2-1-11-3(8)9-2/h1H,(H2,8,9). The van der Waals surface area contributed by atoms with Gasteiger partial charge in [-0.25, -0.2) is 0 Å². The Morgan fingerprint density at radius 1 is 1.55 bits per heavy atom. The van der Waals surface area contributed by atoms with E-state index in [1.807, 2.05) is 0 Å². The number of hydrogen-bond acceptors (Lipinski definition) is 4. The van der Waals surface area contributed by atoms with Crippen LogP contribution in [0.1, 0.15) is 0 Å². The summed E-state index contributed by atoms with van der Waals surface area (Å²) in [7, 11) is 0. The van der Waals surface area contributed by atoms with Crippen molar-refractivity contribution in [2.75, 3.05) is 5.73 Å². The van der Waals surface area contributed by atoms with Gasteiger partial charge in [-0.05, 0) is 0 Å².